The van der Waals surface area contributed by atoms with Gasteiger partial charge in [0.15, 0.2) is 0 Å². The fourth-order valence-electron chi connectivity index (χ4n) is 3.37. The van der Waals surface area contributed by atoms with Crippen molar-refractivity contribution >= 4 is 11.9 Å². The van der Waals surface area contributed by atoms with Crippen LogP contribution >= 0.6 is 0 Å². The van der Waals surface area contributed by atoms with Gasteiger partial charge in [0, 0.05) is 0 Å². The van der Waals surface area contributed by atoms with E-state index in [9.17, 15) is 9.59 Å². The van der Waals surface area contributed by atoms with E-state index in [1.54, 1.807) is 0 Å². The molecule has 0 heterocycles. The Labute approximate surface area is 150 Å². The molecule has 0 saturated heterocycles. The van der Waals surface area contributed by atoms with E-state index < -0.39 is 5.54 Å². The lowest BCUT2D eigenvalue weighted by Crippen LogP contribution is -2.56. The lowest BCUT2D eigenvalue weighted by atomic mass is 9.77. The quantitative estimate of drug-likeness (QED) is 0.802. The van der Waals surface area contributed by atoms with E-state index in [2.05, 4.69) is 12.2 Å². The Kier molecular flexibility index (Phi) is 6.45. The number of ether oxygens (including phenoxy) is 2. The predicted octanol–water partition coefficient (Wildman–Crippen LogP) is 3.31. The summed E-state index contributed by atoms with van der Waals surface area (Å²) in [4.78, 5) is 24.6. The molecule has 1 aromatic carbocycles. The molecule has 0 radical (unpaired) electrons. The van der Waals surface area contributed by atoms with Gasteiger partial charge in [-0.3, -0.25) is 4.79 Å². The molecular weight excluding hydrogens is 318 g/mol. The molecule has 2 rings (SSSR count). The summed E-state index contributed by atoms with van der Waals surface area (Å²) >= 11 is 0. The van der Waals surface area contributed by atoms with Crippen LogP contribution in [0.5, 0.6) is 5.75 Å². The Morgan fingerprint density at radius 1 is 1.24 bits per heavy atom. The summed E-state index contributed by atoms with van der Waals surface area (Å²) in [7, 11) is 1.37. The zero-order valence-corrected chi connectivity index (χ0v) is 15.7. The maximum atomic E-state index is 12.3. The molecule has 1 saturated carbocycles. The number of hydrogen-bond acceptors (Lipinski definition) is 4. The monoisotopic (exact) mass is 347 g/mol. The minimum Gasteiger partial charge on any atom is -0.493 e. The van der Waals surface area contributed by atoms with Crippen LogP contribution in [0.3, 0.4) is 0 Å². The number of nitrogens with one attached hydrogen (secondary N) is 1. The number of esters is 1. The highest BCUT2D eigenvalue weighted by Gasteiger charge is 2.43. The van der Waals surface area contributed by atoms with Crippen LogP contribution in [0.4, 0.5) is 0 Å². The van der Waals surface area contributed by atoms with Crippen molar-refractivity contribution in [2.75, 3.05) is 13.7 Å². The largest absolute Gasteiger partial charge is 0.493 e. The first kappa shape index (κ1) is 19.3. The molecule has 1 fully saturated rings. The molecule has 1 aromatic rings. The Morgan fingerprint density at radius 3 is 2.52 bits per heavy atom. The van der Waals surface area contributed by atoms with E-state index in [0.29, 0.717) is 18.8 Å². The number of methoxy groups -OCH3 is 1. The minimum atomic E-state index is -0.877. The molecule has 1 N–H and O–H groups in total. The first-order chi connectivity index (χ1) is 11.9. The minimum absolute atomic E-state index is 0.176. The number of rotatable bonds is 6. The van der Waals surface area contributed by atoms with Gasteiger partial charge in [-0.2, -0.15) is 0 Å². The van der Waals surface area contributed by atoms with Crippen molar-refractivity contribution in [2.24, 2.45) is 5.92 Å². The Hall–Kier alpha value is -2.04. The van der Waals surface area contributed by atoms with Crippen LogP contribution in [0, 0.1) is 19.8 Å². The third-order valence-corrected chi connectivity index (χ3v) is 5.00. The van der Waals surface area contributed by atoms with Gasteiger partial charge in [-0.25, -0.2) is 4.79 Å². The fraction of sp³-hybridized carbons (Fsp3) is 0.600. The summed E-state index contributed by atoms with van der Waals surface area (Å²) in [6.07, 6.45) is 3.29. The van der Waals surface area contributed by atoms with E-state index >= 15 is 0 Å². The van der Waals surface area contributed by atoms with Crippen molar-refractivity contribution in [3.05, 3.63) is 29.3 Å². The summed E-state index contributed by atoms with van der Waals surface area (Å²) in [5.41, 5.74) is 1.35. The highest BCUT2D eigenvalue weighted by Crippen LogP contribution is 2.33. The molecule has 25 heavy (non-hydrogen) atoms. The molecule has 0 atom stereocenters. The summed E-state index contributed by atoms with van der Waals surface area (Å²) in [5.74, 6) is 0.836. The van der Waals surface area contributed by atoms with Crippen LogP contribution < -0.4 is 10.1 Å². The van der Waals surface area contributed by atoms with E-state index in [0.717, 1.165) is 24.2 Å². The summed E-state index contributed by atoms with van der Waals surface area (Å²) in [6, 6.07) is 5.95. The SMILES string of the molecule is COC(=O)C1(NC(=O)CCOc2ccc(C)cc2C)CCC(C)CC1. The zero-order chi connectivity index (χ0) is 18.4. The Morgan fingerprint density at radius 2 is 1.92 bits per heavy atom. The van der Waals surface area contributed by atoms with Gasteiger partial charge < -0.3 is 14.8 Å². The maximum absolute atomic E-state index is 12.3. The number of aryl methyl sites for hydroxylation is 2. The van der Waals surface area contributed by atoms with Gasteiger partial charge >= 0.3 is 5.97 Å². The lowest BCUT2D eigenvalue weighted by molar-refractivity contribution is -0.153. The molecule has 0 spiro atoms. The van der Waals surface area contributed by atoms with Crippen molar-refractivity contribution in [3.63, 3.8) is 0 Å². The highest BCUT2D eigenvalue weighted by molar-refractivity contribution is 5.88. The summed E-state index contributed by atoms with van der Waals surface area (Å²) < 4.78 is 10.7. The lowest BCUT2D eigenvalue weighted by Gasteiger charge is -2.37. The van der Waals surface area contributed by atoms with Crippen molar-refractivity contribution in [3.8, 4) is 5.75 Å². The second kappa shape index (κ2) is 8.37. The van der Waals surface area contributed by atoms with Crippen LogP contribution in [0.25, 0.3) is 0 Å². The molecule has 0 aliphatic heterocycles. The maximum Gasteiger partial charge on any atom is 0.331 e. The van der Waals surface area contributed by atoms with Gasteiger partial charge in [-0.1, -0.05) is 24.6 Å². The molecule has 0 unspecified atom stereocenters. The van der Waals surface area contributed by atoms with Crippen molar-refractivity contribution in [1.29, 1.82) is 0 Å². The number of hydrogen-bond donors (Lipinski definition) is 1. The van der Waals surface area contributed by atoms with Gasteiger partial charge in [0.05, 0.1) is 20.1 Å². The molecular formula is C20H29NO4. The van der Waals surface area contributed by atoms with Gasteiger partial charge in [-0.15, -0.1) is 0 Å². The van der Waals surface area contributed by atoms with Crippen LogP contribution in [-0.4, -0.2) is 31.1 Å². The van der Waals surface area contributed by atoms with E-state index in [4.69, 9.17) is 9.47 Å². The molecule has 138 valence electrons. The smallest absolute Gasteiger partial charge is 0.331 e. The average Bonchev–Trinajstić information content (AvgIpc) is 2.58. The number of amides is 1. The molecule has 1 aliphatic carbocycles. The second-order valence-corrected chi connectivity index (χ2v) is 7.17. The standard InChI is InChI=1S/C20H29NO4/c1-14-7-10-20(11-8-14,19(23)24-4)21-18(22)9-12-25-17-6-5-15(2)13-16(17)3/h5-6,13-14H,7-12H2,1-4H3,(H,21,22). The molecule has 0 bridgehead atoms. The average molecular weight is 347 g/mol. The first-order valence-electron chi connectivity index (χ1n) is 8.96. The fourth-order valence-corrected chi connectivity index (χ4v) is 3.37. The van der Waals surface area contributed by atoms with Crippen molar-refractivity contribution in [2.45, 2.75) is 58.4 Å². The van der Waals surface area contributed by atoms with Gasteiger partial charge in [0.1, 0.15) is 11.3 Å². The zero-order valence-electron chi connectivity index (χ0n) is 15.7. The first-order valence-corrected chi connectivity index (χ1v) is 8.96. The van der Waals surface area contributed by atoms with Crippen LogP contribution in [0.1, 0.15) is 50.2 Å². The third kappa shape index (κ3) is 4.97. The number of benzene rings is 1. The Bertz CT molecular complexity index is 618. The summed E-state index contributed by atoms with van der Waals surface area (Å²) in [5, 5.41) is 2.92. The predicted molar refractivity (Wildman–Crippen MR) is 96.5 cm³/mol. The number of carbonyl (C=O) groups excluding carboxylic acids is 2. The van der Waals surface area contributed by atoms with E-state index in [-0.39, 0.29) is 24.9 Å². The number of carbonyl (C=O) groups is 2. The molecule has 1 amide bonds. The van der Waals surface area contributed by atoms with Gasteiger partial charge in [0.25, 0.3) is 0 Å². The van der Waals surface area contributed by atoms with Crippen LogP contribution in [0.15, 0.2) is 18.2 Å². The van der Waals surface area contributed by atoms with Gasteiger partial charge in [-0.05, 0) is 57.1 Å². The third-order valence-electron chi connectivity index (χ3n) is 5.00. The van der Waals surface area contributed by atoms with Crippen LogP contribution in [0.2, 0.25) is 0 Å². The molecule has 5 nitrogen and oxygen atoms in total. The highest BCUT2D eigenvalue weighted by atomic mass is 16.5. The molecule has 5 heteroatoms. The topological polar surface area (TPSA) is 64.6 Å². The van der Waals surface area contributed by atoms with Crippen LogP contribution in [-0.2, 0) is 14.3 Å². The van der Waals surface area contributed by atoms with Crippen molar-refractivity contribution in [1.82, 2.24) is 5.32 Å². The van der Waals surface area contributed by atoms with E-state index in [1.807, 2.05) is 32.0 Å². The normalized spacial score (nSPS) is 23.0. The van der Waals surface area contributed by atoms with Gasteiger partial charge in [0.2, 0.25) is 5.91 Å². The molecule has 1 aliphatic rings. The second-order valence-electron chi connectivity index (χ2n) is 7.17. The van der Waals surface area contributed by atoms with Crippen molar-refractivity contribution < 1.29 is 19.1 Å². The van der Waals surface area contributed by atoms with E-state index in [1.165, 1.54) is 12.7 Å². The Balaban J connectivity index is 1.90. The summed E-state index contributed by atoms with van der Waals surface area (Å²) in [6.45, 7) is 6.46. The molecule has 0 aromatic heterocycles.